The molecule has 0 aromatic rings. The molecule has 3 heteroatoms. The number of rotatable bonds is 4. The molecule has 0 amide bonds. The molecule has 0 spiro atoms. The van der Waals surface area contributed by atoms with E-state index >= 15 is 0 Å². The summed E-state index contributed by atoms with van der Waals surface area (Å²) in [4.78, 5) is 13.1. The van der Waals surface area contributed by atoms with Gasteiger partial charge in [0.05, 0.1) is 6.54 Å². The summed E-state index contributed by atoms with van der Waals surface area (Å²) in [6.07, 6.45) is 7.41. The van der Waals surface area contributed by atoms with Gasteiger partial charge in [-0.3, -0.25) is 9.69 Å². The molecule has 15 heavy (non-hydrogen) atoms. The van der Waals surface area contributed by atoms with Crippen molar-refractivity contribution in [2.45, 2.75) is 57.5 Å². The van der Waals surface area contributed by atoms with Gasteiger partial charge in [0.15, 0.2) is 0 Å². The zero-order valence-electron chi connectivity index (χ0n) is 9.48. The average molecular weight is 211 g/mol. The van der Waals surface area contributed by atoms with Crippen molar-refractivity contribution >= 4 is 5.97 Å². The zero-order valence-corrected chi connectivity index (χ0v) is 9.48. The van der Waals surface area contributed by atoms with Crippen LogP contribution in [-0.4, -0.2) is 34.6 Å². The minimum absolute atomic E-state index is 0.252. The first-order valence-corrected chi connectivity index (χ1v) is 6.14. The molecule has 0 bridgehead atoms. The molecule has 2 atom stereocenters. The maximum atomic E-state index is 10.8. The minimum atomic E-state index is -0.667. The van der Waals surface area contributed by atoms with Crippen LogP contribution in [-0.2, 0) is 4.79 Å². The highest BCUT2D eigenvalue weighted by molar-refractivity contribution is 5.69. The molecule has 2 aliphatic rings. The Morgan fingerprint density at radius 2 is 2.00 bits per heavy atom. The van der Waals surface area contributed by atoms with Crippen LogP contribution in [0.1, 0.15) is 45.4 Å². The normalized spacial score (nSPS) is 31.9. The van der Waals surface area contributed by atoms with Crippen LogP contribution in [0.25, 0.3) is 0 Å². The number of aliphatic carboxylic acids is 1. The second kappa shape index (κ2) is 4.52. The second-order valence-corrected chi connectivity index (χ2v) is 5.22. The van der Waals surface area contributed by atoms with Gasteiger partial charge in [-0.2, -0.15) is 0 Å². The van der Waals surface area contributed by atoms with E-state index in [9.17, 15) is 4.79 Å². The first-order valence-electron chi connectivity index (χ1n) is 6.14. The van der Waals surface area contributed by atoms with Gasteiger partial charge >= 0.3 is 5.97 Å². The van der Waals surface area contributed by atoms with E-state index in [4.69, 9.17) is 5.11 Å². The molecule has 2 fully saturated rings. The lowest BCUT2D eigenvalue weighted by Crippen LogP contribution is -2.43. The number of hydrogen-bond donors (Lipinski definition) is 1. The third kappa shape index (κ3) is 2.94. The van der Waals surface area contributed by atoms with Crippen molar-refractivity contribution in [3.05, 3.63) is 0 Å². The van der Waals surface area contributed by atoms with Crippen LogP contribution < -0.4 is 0 Å². The Kier molecular flexibility index (Phi) is 3.29. The largest absolute Gasteiger partial charge is 0.480 e. The molecule has 2 rings (SSSR count). The van der Waals surface area contributed by atoms with E-state index in [1.165, 1.54) is 38.5 Å². The van der Waals surface area contributed by atoms with Crippen molar-refractivity contribution in [2.75, 3.05) is 6.54 Å². The molecule has 2 unspecified atom stereocenters. The fraction of sp³-hybridized carbons (Fsp3) is 0.917. The molecule has 0 aromatic carbocycles. The highest BCUT2D eigenvalue weighted by Gasteiger charge is 2.36. The molecule has 86 valence electrons. The van der Waals surface area contributed by atoms with Crippen molar-refractivity contribution in [3.8, 4) is 0 Å². The maximum absolute atomic E-state index is 10.8. The van der Waals surface area contributed by atoms with Gasteiger partial charge in [0.25, 0.3) is 0 Å². The Bertz CT molecular complexity index is 238. The van der Waals surface area contributed by atoms with Gasteiger partial charge in [0.1, 0.15) is 0 Å². The summed E-state index contributed by atoms with van der Waals surface area (Å²) in [5.41, 5.74) is 0. The summed E-state index contributed by atoms with van der Waals surface area (Å²) in [7, 11) is 0. The Labute approximate surface area is 91.5 Å². The SMILES string of the molecule is CC1CCCC(N(CC(=O)O)C2CC2)C1. The predicted octanol–water partition coefficient (Wildman–Crippen LogP) is 2.11. The molecule has 0 radical (unpaired) electrons. The van der Waals surface area contributed by atoms with E-state index in [2.05, 4.69) is 11.8 Å². The van der Waals surface area contributed by atoms with E-state index < -0.39 is 5.97 Å². The van der Waals surface area contributed by atoms with Crippen LogP contribution in [0.15, 0.2) is 0 Å². The monoisotopic (exact) mass is 211 g/mol. The lowest BCUT2D eigenvalue weighted by atomic mass is 9.86. The summed E-state index contributed by atoms with van der Waals surface area (Å²) < 4.78 is 0. The van der Waals surface area contributed by atoms with Gasteiger partial charge in [-0.1, -0.05) is 19.8 Å². The number of hydrogen-bond acceptors (Lipinski definition) is 2. The molecule has 1 N–H and O–H groups in total. The molecular formula is C12H21NO2. The highest BCUT2D eigenvalue weighted by Crippen LogP contribution is 2.34. The Hall–Kier alpha value is -0.570. The van der Waals surface area contributed by atoms with Gasteiger partial charge in [0.2, 0.25) is 0 Å². The van der Waals surface area contributed by atoms with Crippen molar-refractivity contribution in [3.63, 3.8) is 0 Å². The van der Waals surface area contributed by atoms with E-state index in [1.807, 2.05) is 0 Å². The Morgan fingerprint density at radius 3 is 2.53 bits per heavy atom. The molecule has 0 saturated heterocycles. The van der Waals surface area contributed by atoms with Crippen molar-refractivity contribution < 1.29 is 9.90 Å². The molecule has 0 heterocycles. The summed E-state index contributed by atoms with van der Waals surface area (Å²) in [6.45, 7) is 2.54. The predicted molar refractivity (Wildman–Crippen MR) is 58.8 cm³/mol. The Balaban J connectivity index is 1.93. The quantitative estimate of drug-likeness (QED) is 0.774. The Morgan fingerprint density at radius 1 is 1.27 bits per heavy atom. The lowest BCUT2D eigenvalue weighted by molar-refractivity contribution is -0.139. The summed E-state index contributed by atoms with van der Waals surface area (Å²) in [6, 6.07) is 1.12. The van der Waals surface area contributed by atoms with Gasteiger partial charge < -0.3 is 5.11 Å². The zero-order chi connectivity index (χ0) is 10.8. The van der Waals surface area contributed by atoms with Crippen molar-refractivity contribution in [2.24, 2.45) is 5.92 Å². The molecule has 3 nitrogen and oxygen atoms in total. The third-order valence-electron chi connectivity index (χ3n) is 3.71. The topological polar surface area (TPSA) is 40.5 Å². The van der Waals surface area contributed by atoms with E-state index in [0.717, 1.165) is 5.92 Å². The van der Waals surface area contributed by atoms with Crippen LogP contribution in [0, 0.1) is 5.92 Å². The summed E-state index contributed by atoms with van der Waals surface area (Å²) in [5.74, 6) is 0.110. The second-order valence-electron chi connectivity index (χ2n) is 5.22. The van der Waals surface area contributed by atoms with Crippen LogP contribution in [0.5, 0.6) is 0 Å². The standard InChI is InChI=1S/C12H21NO2/c1-9-3-2-4-11(7-9)13(8-12(14)15)10-5-6-10/h9-11H,2-8H2,1H3,(H,14,15). The van der Waals surface area contributed by atoms with Gasteiger partial charge in [-0.15, -0.1) is 0 Å². The lowest BCUT2D eigenvalue weighted by Gasteiger charge is -2.35. The van der Waals surface area contributed by atoms with E-state index in [1.54, 1.807) is 0 Å². The van der Waals surface area contributed by atoms with Gasteiger partial charge in [-0.25, -0.2) is 0 Å². The fourth-order valence-electron chi connectivity index (χ4n) is 2.82. The van der Waals surface area contributed by atoms with Crippen LogP contribution in [0.3, 0.4) is 0 Å². The number of nitrogens with zero attached hydrogens (tertiary/aromatic N) is 1. The number of carbonyl (C=O) groups is 1. The highest BCUT2D eigenvalue weighted by atomic mass is 16.4. The van der Waals surface area contributed by atoms with E-state index in [0.29, 0.717) is 12.1 Å². The number of carboxylic acid groups (broad SMARTS) is 1. The average Bonchev–Trinajstić information content (AvgIpc) is 2.97. The van der Waals surface area contributed by atoms with Crippen LogP contribution in [0.4, 0.5) is 0 Å². The van der Waals surface area contributed by atoms with Crippen LogP contribution in [0.2, 0.25) is 0 Å². The molecule has 2 aliphatic carbocycles. The van der Waals surface area contributed by atoms with Gasteiger partial charge in [-0.05, 0) is 31.6 Å². The fourth-order valence-corrected chi connectivity index (χ4v) is 2.82. The first kappa shape index (κ1) is 10.9. The molecule has 2 saturated carbocycles. The van der Waals surface area contributed by atoms with Crippen LogP contribution >= 0.6 is 0 Å². The molecular weight excluding hydrogens is 190 g/mol. The summed E-state index contributed by atoms with van der Waals surface area (Å²) >= 11 is 0. The minimum Gasteiger partial charge on any atom is -0.480 e. The first-order chi connectivity index (χ1) is 7.16. The molecule has 0 aromatic heterocycles. The summed E-state index contributed by atoms with van der Waals surface area (Å²) in [5, 5.41) is 8.92. The number of carboxylic acids is 1. The van der Waals surface area contributed by atoms with E-state index in [-0.39, 0.29) is 6.54 Å². The third-order valence-corrected chi connectivity index (χ3v) is 3.71. The van der Waals surface area contributed by atoms with Gasteiger partial charge in [0, 0.05) is 12.1 Å². The van der Waals surface area contributed by atoms with Crippen molar-refractivity contribution in [1.29, 1.82) is 0 Å². The maximum Gasteiger partial charge on any atom is 0.317 e. The molecule has 0 aliphatic heterocycles. The van der Waals surface area contributed by atoms with Crippen molar-refractivity contribution in [1.82, 2.24) is 4.90 Å². The smallest absolute Gasteiger partial charge is 0.317 e.